The molecule has 2 aromatic rings. The molecule has 26 heavy (non-hydrogen) atoms. The number of alkyl halides is 3. The first-order valence-corrected chi connectivity index (χ1v) is 10.3. The van der Waals surface area contributed by atoms with Crippen LogP contribution in [0.2, 0.25) is 0 Å². The highest BCUT2D eigenvalue weighted by Gasteiger charge is 2.36. The Kier molecular flexibility index (Phi) is 6.22. The average Bonchev–Trinajstić information content (AvgIpc) is 3.16. The lowest BCUT2D eigenvalue weighted by Crippen LogP contribution is -2.31. The summed E-state index contributed by atoms with van der Waals surface area (Å²) in [6.45, 7) is 2.85. The molecule has 138 valence electrons. The molecule has 0 spiro atoms. The van der Waals surface area contributed by atoms with Crippen molar-refractivity contribution in [3.8, 4) is 16.6 Å². The van der Waals surface area contributed by atoms with Crippen LogP contribution in [0.25, 0.3) is 10.6 Å². The van der Waals surface area contributed by atoms with Crippen molar-refractivity contribution in [2.75, 3.05) is 25.4 Å². The van der Waals surface area contributed by atoms with E-state index in [1.54, 1.807) is 23.6 Å². The number of aromatic nitrogens is 1. The molecule has 0 amide bonds. The minimum atomic E-state index is -4.58. The highest BCUT2D eigenvalue weighted by atomic mass is 32.2. The maximum atomic E-state index is 13.5. The van der Waals surface area contributed by atoms with Crippen LogP contribution in [0.3, 0.4) is 0 Å². The predicted molar refractivity (Wildman–Crippen MR) is 98.3 cm³/mol. The van der Waals surface area contributed by atoms with E-state index in [0.717, 1.165) is 25.7 Å². The third kappa shape index (κ3) is 4.58. The first kappa shape index (κ1) is 19.2. The van der Waals surface area contributed by atoms with Crippen molar-refractivity contribution in [2.24, 2.45) is 0 Å². The second kappa shape index (κ2) is 8.42. The fraction of sp³-hybridized carbons (Fsp3) is 0.444. The number of nitrogens with zero attached hydrogens (tertiary/aromatic N) is 3. The molecule has 0 bridgehead atoms. The molecular weight excluding hydrogens is 379 g/mol. The fourth-order valence-electron chi connectivity index (χ4n) is 2.96. The summed E-state index contributed by atoms with van der Waals surface area (Å²) in [6.07, 6.45) is -1.01. The first-order chi connectivity index (χ1) is 12.5. The van der Waals surface area contributed by atoms with Crippen LogP contribution < -0.4 is 0 Å². The zero-order chi connectivity index (χ0) is 18.6. The molecule has 3 nitrogen and oxygen atoms in total. The van der Waals surface area contributed by atoms with E-state index in [1.807, 2.05) is 0 Å². The molecule has 0 unspecified atom stereocenters. The van der Waals surface area contributed by atoms with E-state index in [1.165, 1.54) is 42.4 Å². The largest absolute Gasteiger partial charge is 0.417 e. The number of hydrogen-bond donors (Lipinski definition) is 0. The quantitative estimate of drug-likeness (QED) is 0.644. The van der Waals surface area contributed by atoms with Gasteiger partial charge in [0.05, 0.1) is 21.7 Å². The van der Waals surface area contributed by atoms with Crippen molar-refractivity contribution in [2.45, 2.75) is 30.5 Å². The van der Waals surface area contributed by atoms with Crippen LogP contribution in [0.5, 0.6) is 0 Å². The Morgan fingerprint density at radius 1 is 1.27 bits per heavy atom. The van der Waals surface area contributed by atoms with E-state index in [9.17, 15) is 18.4 Å². The number of pyridine rings is 1. The van der Waals surface area contributed by atoms with Gasteiger partial charge in [-0.3, -0.25) is 0 Å². The molecule has 0 aliphatic carbocycles. The van der Waals surface area contributed by atoms with E-state index in [0.29, 0.717) is 10.6 Å². The smallest absolute Gasteiger partial charge is 0.303 e. The number of likely N-dealkylation sites (tertiary alicyclic amines) is 1. The topological polar surface area (TPSA) is 39.9 Å². The van der Waals surface area contributed by atoms with Crippen molar-refractivity contribution in [1.82, 2.24) is 9.88 Å². The van der Waals surface area contributed by atoms with E-state index in [2.05, 4.69) is 9.88 Å². The Hall–Kier alpha value is -1.56. The summed E-state index contributed by atoms with van der Waals surface area (Å²) >= 11 is 2.57. The summed E-state index contributed by atoms with van der Waals surface area (Å²) < 4.78 is 40.4. The Bertz CT molecular complexity index is 776. The Morgan fingerprint density at radius 2 is 2.04 bits per heavy atom. The normalized spacial score (nSPS) is 15.8. The van der Waals surface area contributed by atoms with Crippen molar-refractivity contribution < 1.29 is 13.2 Å². The molecular formula is C18H18F3N3S2. The van der Waals surface area contributed by atoms with Gasteiger partial charge in [-0.2, -0.15) is 18.4 Å². The molecule has 0 saturated carbocycles. The standard InChI is InChI=1S/C18H18F3N3S2/c19-18(20,21)14-11-15(16-5-4-9-25-16)23-17(13(14)12-22)26-10-8-24-6-2-1-3-7-24/h4-5,9,11H,1-3,6-8,10H2. The van der Waals surface area contributed by atoms with Crippen LogP contribution in [0, 0.1) is 11.3 Å². The van der Waals surface area contributed by atoms with Gasteiger partial charge in [-0.25, -0.2) is 4.98 Å². The summed E-state index contributed by atoms with van der Waals surface area (Å²) in [5.41, 5.74) is -1.01. The van der Waals surface area contributed by atoms with Gasteiger partial charge in [0.25, 0.3) is 0 Å². The molecule has 2 aromatic heterocycles. The third-order valence-electron chi connectivity index (χ3n) is 4.27. The second-order valence-corrected chi connectivity index (χ2v) is 8.10. The second-order valence-electron chi connectivity index (χ2n) is 6.07. The highest BCUT2D eigenvalue weighted by molar-refractivity contribution is 7.99. The summed E-state index contributed by atoms with van der Waals surface area (Å²) in [7, 11) is 0. The molecule has 3 heterocycles. The fourth-order valence-corrected chi connectivity index (χ4v) is 4.65. The van der Waals surface area contributed by atoms with Gasteiger partial charge in [0, 0.05) is 12.3 Å². The summed E-state index contributed by atoms with van der Waals surface area (Å²) in [6, 6.07) is 6.21. The lowest BCUT2D eigenvalue weighted by molar-refractivity contribution is -0.138. The molecule has 0 N–H and O–H groups in total. The lowest BCUT2D eigenvalue weighted by atomic mass is 10.1. The van der Waals surface area contributed by atoms with Crippen molar-refractivity contribution in [3.05, 3.63) is 34.7 Å². The van der Waals surface area contributed by atoms with Crippen LogP contribution in [0.1, 0.15) is 30.4 Å². The van der Waals surface area contributed by atoms with Gasteiger partial charge in [-0.1, -0.05) is 12.5 Å². The average molecular weight is 397 g/mol. The van der Waals surface area contributed by atoms with E-state index in [4.69, 9.17) is 0 Å². The molecule has 1 saturated heterocycles. The minimum Gasteiger partial charge on any atom is -0.303 e. The summed E-state index contributed by atoms with van der Waals surface area (Å²) in [5, 5.41) is 11.3. The van der Waals surface area contributed by atoms with E-state index < -0.39 is 11.7 Å². The van der Waals surface area contributed by atoms with Gasteiger partial charge in [-0.15, -0.1) is 23.1 Å². The number of thioether (sulfide) groups is 1. The first-order valence-electron chi connectivity index (χ1n) is 8.40. The van der Waals surface area contributed by atoms with Gasteiger partial charge in [0.15, 0.2) is 0 Å². The van der Waals surface area contributed by atoms with Crippen LogP contribution in [0.15, 0.2) is 28.6 Å². The van der Waals surface area contributed by atoms with Gasteiger partial charge in [-0.05, 0) is 43.4 Å². The van der Waals surface area contributed by atoms with Gasteiger partial charge >= 0.3 is 6.18 Å². The maximum absolute atomic E-state index is 13.5. The number of rotatable bonds is 5. The van der Waals surface area contributed by atoms with Crippen molar-refractivity contribution in [3.63, 3.8) is 0 Å². The maximum Gasteiger partial charge on any atom is 0.417 e. The molecule has 0 radical (unpaired) electrons. The van der Waals surface area contributed by atoms with E-state index in [-0.39, 0.29) is 16.3 Å². The Balaban J connectivity index is 1.86. The number of halogens is 3. The molecule has 1 fully saturated rings. The molecule has 1 aliphatic rings. The minimum absolute atomic E-state index is 0.169. The van der Waals surface area contributed by atoms with Gasteiger partial charge in [0.2, 0.25) is 0 Å². The monoisotopic (exact) mass is 397 g/mol. The lowest BCUT2D eigenvalue weighted by Gasteiger charge is -2.26. The van der Waals surface area contributed by atoms with Gasteiger partial charge < -0.3 is 4.90 Å². The number of nitriles is 1. The molecule has 0 aromatic carbocycles. The molecule has 1 aliphatic heterocycles. The molecule has 8 heteroatoms. The number of piperidine rings is 1. The number of hydrogen-bond acceptors (Lipinski definition) is 5. The summed E-state index contributed by atoms with van der Waals surface area (Å²) in [4.78, 5) is 7.36. The highest BCUT2D eigenvalue weighted by Crippen LogP contribution is 2.38. The van der Waals surface area contributed by atoms with Gasteiger partial charge in [0.1, 0.15) is 11.1 Å². The number of thiophene rings is 1. The summed E-state index contributed by atoms with van der Waals surface area (Å²) in [5.74, 6) is 0.618. The SMILES string of the molecule is N#Cc1c(C(F)(F)F)cc(-c2cccs2)nc1SCCN1CCCCC1. The predicted octanol–water partition coefficient (Wildman–Crippen LogP) is 5.28. The zero-order valence-corrected chi connectivity index (χ0v) is 15.7. The third-order valence-corrected chi connectivity index (χ3v) is 6.12. The van der Waals surface area contributed by atoms with Crippen LogP contribution in [-0.4, -0.2) is 35.3 Å². The van der Waals surface area contributed by atoms with Crippen molar-refractivity contribution in [1.29, 1.82) is 5.26 Å². The molecule has 0 atom stereocenters. The van der Waals surface area contributed by atoms with Crippen LogP contribution in [0.4, 0.5) is 13.2 Å². The van der Waals surface area contributed by atoms with Crippen LogP contribution in [-0.2, 0) is 6.18 Å². The zero-order valence-electron chi connectivity index (χ0n) is 14.1. The molecule has 3 rings (SSSR count). The Morgan fingerprint density at radius 3 is 2.65 bits per heavy atom. The Labute approximate surface area is 158 Å². The van der Waals surface area contributed by atoms with E-state index >= 15 is 0 Å². The van der Waals surface area contributed by atoms with Crippen LogP contribution >= 0.6 is 23.1 Å². The van der Waals surface area contributed by atoms with Crippen molar-refractivity contribution >= 4 is 23.1 Å².